The van der Waals surface area contributed by atoms with Gasteiger partial charge in [-0.1, -0.05) is 6.07 Å². The van der Waals surface area contributed by atoms with Crippen LogP contribution < -0.4 is 5.43 Å². The zero-order chi connectivity index (χ0) is 22.2. The highest BCUT2D eigenvalue weighted by Crippen LogP contribution is 2.30. The molecule has 1 amide bonds. The zero-order valence-electron chi connectivity index (χ0n) is 16.7. The lowest BCUT2D eigenvalue weighted by molar-refractivity contribution is -0.137. The molecule has 3 rings (SSSR count). The fraction of sp³-hybridized carbons (Fsp3) is 0.316. The highest BCUT2D eigenvalue weighted by atomic mass is 19.4. The number of aryl methyl sites for hydroxylation is 2. The monoisotopic (exact) mass is 420 g/mol. The molecule has 30 heavy (non-hydrogen) atoms. The highest BCUT2D eigenvalue weighted by Gasteiger charge is 2.31. The van der Waals surface area contributed by atoms with Gasteiger partial charge in [0.15, 0.2) is 11.5 Å². The first-order chi connectivity index (χ1) is 14.0. The highest BCUT2D eigenvalue weighted by molar-refractivity contribution is 5.91. The molecule has 158 valence electrons. The van der Waals surface area contributed by atoms with Gasteiger partial charge in [-0.05, 0) is 32.0 Å². The number of nitrogens with zero attached hydrogens (tertiary/aromatic N) is 6. The SMILES string of the molecule is Cc1cc(=O)c(C(=O)N(C)Cc2nnc(C)n2C)nn1-c1cccc(C(F)(F)F)c1. The van der Waals surface area contributed by atoms with Crippen molar-refractivity contribution in [3.63, 3.8) is 0 Å². The molecule has 0 spiro atoms. The number of amides is 1. The van der Waals surface area contributed by atoms with Crippen molar-refractivity contribution < 1.29 is 18.0 Å². The van der Waals surface area contributed by atoms with Crippen molar-refractivity contribution in [2.45, 2.75) is 26.6 Å². The molecule has 0 bridgehead atoms. The van der Waals surface area contributed by atoms with Gasteiger partial charge in [-0.15, -0.1) is 10.2 Å². The van der Waals surface area contributed by atoms with E-state index in [9.17, 15) is 22.8 Å². The lowest BCUT2D eigenvalue weighted by atomic mass is 10.2. The van der Waals surface area contributed by atoms with Gasteiger partial charge < -0.3 is 9.47 Å². The van der Waals surface area contributed by atoms with Crippen LogP contribution in [0.25, 0.3) is 5.69 Å². The summed E-state index contributed by atoms with van der Waals surface area (Å²) >= 11 is 0. The molecular weight excluding hydrogens is 401 g/mol. The van der Waals surface area contributed by atoms with Gasteiger partial charge in [-0.2, -0.15) is 18.3 Å². The first-order valence-corrected chi connectivity index (χ1v) is 8.88. The summed E-state index contributed by atoms with van der Waals surface area (Å²) < 4.78 is 42.0. The third-order valence-electron chi connectivity index (χ3n) is 4.64. The predicted octanol–water partition coefficient (Wildman–Crippen LogP) is 2.27. The maximum Gasteiger partial charge on any atom is 0.416 e. The Hall–Kier alpha value is -3.50. The van der Waals surface area contributed by atoms with E-state index < -0.39 is 28.8 Å². The van der Waals surface area contributed by atoms with Crippen molar-refractivity contribution in [1.29, 1.82) is 0 Å². The number of hydrogen-bond acceptors (Lipinski definition) is 5. The zero-order valence-corrected chi connectivity index (χ0v) is 16.7. The van der Waals surface area contributed by atoms with Crippen LogP contribution >= 0.6 is 0 Å². The average molecular weight is 420 g/mol. The summed E-state index contributed by atoms with van der Waals surface area (Å²) in [5.41, 5.74) is -1.51. The van der Waals surface area contributed by atoms with Crippen molar-refractivity contribution in [3.05, 3.63) is 69.2 Å². The molecule has 0 aliphatic carbocycles. The molecular formula is C19H19F3N6O2. The second kappa shape index (κ2) is 7.73. The summed E-state index contributed by atoms with van der Waals surface area (Å²) in [6.45, 7) is 3.36. The van der Waals surface area contributed by atoms with E-state index in [-0.39, 0.29) is 12.2 Å². The lowest BCUT2D eigenvalue weighted by Crippen LogP contribution is -2.34. The van der Waals surface area contributed by atoms with E-state index in [4.69, 9.17) is 0 Å². The molecule has 1 aromatic carbocycles. The largest absolute Gasteiger partial charge is 0.416 e. The van der Waals surface area contributed by atoms with Crippen LogP contribution in [0.1, 0.15) is 33.4 Å². The van der Waals surface area contributed by atoms with Gasteiger partial charge in [0.05, 0.1) is 17.8 Å². The van der Waals surface area contributed by atoms with Crippen LogP contribution in [0.2, 0.25) is 0 Å². The minimum atomic E-state index is -4.53. The fourth-order valence-electron chi connectivity index (χ4n) is 2.82. The number of benzene rings is 1. The Labute approximate surface area is 169 Å². The van der Waals surface area contributed by atoms with E-state index in [1.54, 1.807) is 18.5 Å². The van der Waals surface area contributed by atoms with Gasteiger partial charge in [-0.25, -0.2) is 4.68 Å². The Morgan fingerprint density at radius 3 is 2.47 bits per heavy atom. The Morgan fingerprint density at radius 2 is 1.87 bits per heavy atom. The third kappa shape index (κ3) is 4.09. The molecule has 8 nitrogen and oxygen atoms in total. The van der Waals surface area contributed by atoms with E-state index in [2.05, 4.69) is 15.3 Å². The Kier molecular flexibility index (Phi) is 5.47. The van der Waals surface area contributed by atoms with Gasteiger partial charge >= 0.3 is 6.18 Å². The Bertz CT molecular complexity index is 1170. The van der Waals surface area contributed by atoms with Crippen LogP contribution in [0.3, 0.4) is 0 Å². The van der Waals surface area contributed by atoms with Gasteiger partial charge in [0.1, 0.15) is 5.82 Å². The molecule has 0 aliphatic rings. The Balaban J connectivity index is 1.98. The fourth-order valence-corrected chi connectivity index (χ4v) is 2.82. The standard InChI is InChI=1S/C19H19F3N6O2/c1-11-8-15(29)17(18(30)26(3)10-16-24-23-12(2)27(16)4)25-28(11)14-7-5-6-13(9-14)19(20,21)22/h5-9H,10H2,1-4H3. The number of carbonyl (C=O) groups is 1. The molecule has 0 saturated carbocycles. The summed E-state index contributed by atoms with van der Waals surface area (Å²) in [4.78, 5) is 26.5. The first-order valence-electron chi connectivity index (χ1n) is 8.88. The van der Waals surface area contributed by atoms with Gasteiger partial charge in [-0.3, -0.25) is 9.59 Å². The smallest absolute Gasteiger partial charge is 0.333 e. The molecule has 0 N–H and O–H groups in total. The van der Waals surface area contributed by atoms with Crippen molar-refractivity contribution in [2.75, 3.05) is 7.05 Å². The molecule has 0 aliphatic heterocycles. The van der Waals surface area contributed by atoms with E-state index in [0.717, 1.165) is 16.8 Å². The third-order valence-corrected chi connectivity index (χ3v) is 4.64. The number of carbonyl (C=O) groups excluding carboxylic acids is 1. The second-order valence-electron chi connectivity index (χ2n) is 6.84. The molecule has 0 unspecified atom stereocenters. The van der Waals surface area contributed by atoms with E-state index in [1.807, 2.05) is 0 Å². The number of alkyl halides is 3. The van der Waals surface area contributed by atoms with Crippen molar-refractivity contribution in [1.82, 2.24) is 29.4 Å². The molecule has 0 atom stereocenters. The van der Waals surface area contributed by atoms with E-state index >= 15 is 0 Å². The quantitative estimate of drug-likeness (QED) is 0.646. The number of aromatic nitrogens is 5. The number of rotatable bonds is 4. The van der Waals surface area contributed by atoms with Crippen molar-refractivity contribution in [2.24, 2.45) is 7.05 Å². The van der Waals surface area contributed by atoms with Crippen LogP contribution in [-0.4, -0.2) is 42.4 Å². The molecule has 11 heteroatoms. The van der Waals surface area contributed by atoms with Gasteiger partial charge in [0, 0.05) is 25.9 Å². The minimum absolute atomic E-state index is 0.0781. The summed E-state index contributed by atoms with van der Waals surface area (Å²) in [6, 6.07) is 5.66. The Morgan fingerprint density at radius 1 is 1.17 bits per heavy atom. The maximum absolute atomic E-state index is 13.0. The lowest BCUT2D eigenvalue weighted by Gasteiger charge is -2.17. The van der Waals surface area contributed by atoms with E-state index in [0.29, 0.717) is 17.3 Å². The first kappa shape index (κ1) is 21.2. The summed E-state index contributed by atoms with van der Waals surface area (Å²) in [6.07, 6.45) is -4.53. The minimum Gasteiger partial charge on any atom is -0.333 e. The molecule has 0 radical (unpaired) electrons. The summed E-state index contributed by atoms with van der Waals surface area (Å²) in [5.74, 6) is 0.487. The van der Waals surface area contributed by atoms with Crippen LogP contribution in [0.4, 0.5) is 13.2 Å². The van der Waals surface area contributed by atoms with Crippen LogP contribution in [0, 0.1) is 13.8 Å². The second-order valence-corrected chi connectivity index (χ2v) is 6.84. The molecule has 0 fully saturated rings. The van der Waals surface area contributed by atoms with Crippen LogP contribution in [-0.2, 0) is 19.8 Å². The average Bonchev–Trinajstić information content (AvgIpc) is 2.99. The predicted molar refractivity (Wildman–Crippen MR) is 101 cm³/mol. The number of hydrogen-bond donors (Lipinski definition) is 0. The van der Waals surface area contributed by atoms with Crippen LogP contribution in [0.15, 0.2) is 35.1 Å². The van der Waals surface area contributed by atoms with Crippen molar-refractivity contribution in [3.8, 4) is 5.69 Å². The molecule has 0 saturated heterocycles. The normalized spacial score (nSPS) is 11.6. The van der Waals surface area contributed by atoms with Gasteiger partial charge in [0.2, 0.25) is 5.43 Å². The van der Waals surface area contributed by atoms with Crippen LogP contribution in [0.5, 0.6) is 0 Å². The van der Waals surface area contributed by atoms with Crippen molar-refractivity contribution >= 4 is 5.91 Å². The van der Waals surface area contributed by atoms with Gasteiger partial charge in [0.25, 0.3) is 5.91 Å². The molecule has 3 aromatic rings. The molecule has 2 aromatic heterocycles. The number of halogens is 3. The maximum atomic E-state index is 13.0. The summed E-state index contributed by atoms with van der Waals surface area (Å²) in [7, 11) is 3.22. The summed E-state index contributed by atoms with van der Waals surface area (Å²) in [5, 5.41) is 11.9. The molecule has 2 heterocycles. The van der Waals surface area contributed by atoms with E-state index in [1.165, 1.54) is 37.1 Å². The topological polar surface area (TPSA) is 85.9 Å².